The van der Waals surface area contributed by atoms with E-state index >= 15 is 0 Å². The number of benzene rings is 2. The minimum Gasteiger partial charge on any atom is -0.339 e. The third kappa shape index (κ3) is 4.84. The van der Waals surface area contributed by atoms with Crippen molar-refractivity contribution in [2.45, 2.75) is 44.9 Å². The Bertz CT molecular complexity index is 1770. The highest BCUT2D eigenvalue weighted by atomic mass is 32.2. The van der Waals surface area contributed by atoms with Crippen molar-refractivity contribution in [2.24, 2.45) is 0 Å². The van der Waals surface area contributed by atoms with Crippen LogP contribution in [0.25, 0.3) is 5.65 Å². The quantitative estimate of drug-likeness (QED) is 0.358. The van der Waals surface area contributed by atoms with E-state index in [0.717, 1.165) is 36.9 Å². The third-order valence-electron chi connectivity index (χ3n) is 8.50. The van der Waals surface area contributed by atoms with E-state index in [1.165, 1.54) is 35.0 Å². The average molecular weight is 573 g/mol. The van der Waals surface area contributed by atoms with E-state index in [0.29, 0.717) is 24.5 Å². The van der Waals surface area contributed by atoms with Crippen molar-refractivity contribution in [3.05, 3.63) is 88.7 Å². The van der Waals surface area contributed by atoms with Gasteiger partial charge in [-0.1, -0.05) is 42.5 Å². The Morgan fingerprint density at radius 1 is 0.976 bits per heavy atom. The van der Waals surface area contributed by atoms with Crippen LogP contribution >= 0.6 is 0 Å². The van der Waals surface area contributed by atoms with E-state index in [1.807, 2.05) is 40.8 Å². The molecule has 1 aliphatic carbocycles. The fourth-order valence-electron chi connectivity index (χ4n) is 6.07. The molecule has 41 heavy (non-hydrogen) atoms. The van der Waals surface area contributed by atoms with Crippen LogP contribution < -0.4 is 10.0 Å². The number of sulfonamides is 1. The highest BCUT2D eigenvalue weighted by molar-refractivity contribution is 7.90. The number of hydrogen-bond donors (Lipinski definition) is 2. The van der Waals surface area contributed by atoms with Crippen LogP contribution in [0.1, 0.15) is 63.6 Å². The number of nitrogens with one attached hydrogen (secondary N) is 2. The summed E-state index contributed by atoms with van der Waals surface area (Å²) in [6.07, 6.45) is 6.67. The molecule has 2 aromatic heterocycles. The molecule has 2 aromatic carbocycles. The molecule has 3 heterocycles. The summed E-state index contributed by atoms with van der Waals surface area (Å²) >= 11 is 0. The first kappa shape index (κ1) is 26.9. The van der Waals surface area contributed by atoms with Gasteiger partial charge in [-0.2, -0.15) is 9.61 Å². The van der Waals surface area contributed by atoms with Crippen LogP contribution in [0, 0.1) is 6.92 Å². The minimum absolute atomic E-state index is 0.00586. The maximum atomic E-state index is 14.0. The molecule has 0 bridgehead atoms. The van der Waals surface area contributed by atoms with E-state index in [2.05, 4.69) is 39.7 Å². The largest absolute Gasteiger partial charge is 0.339 e. The fourth-order valence-corrected chi connectivity index (χ4v) is 6.61. The number of para-hydroxylation sites is 1. The number of piperidine rings is 1. The number of carbonyl (C=O) groups is 2. The zero-order chi connectivity index (χ0) is 28.8. The Labute approximate surface area is 238 Å². The van der Waals surface area contributed by atoms with Gasteiger partial charge < -0.3 is 10.2 Å². The summed E-state index contributed by atoms with van der Waals surface area (Å²) in [5.41, 5.74) is 5.12. The SMILES string of the molecule is CCS(=O)(=O)NC(=O)c1cnn2c(Nc3ccccc3C)c(C(=O)N3CCC4(CCc5ccccc54)CC3)cnc12. The van der Waals surface area contributed by atoms with Gasteiger partial charge in [0, 0.05) is 25.0 Å². The molecule has 1 fully saturated rings. The molecule has 1 saturated heterocycles. The summed E-state index contributed by atoms with van der Waals surface area (Å²) < 4.78 is 27.5. The number of likely N-dealkylation sites (tertiary alicyclic amines) is 1. The Kier molecular flexibility index (Phi) is 6.77. The predicted molar refractivity (Wildman–Crippen MR) is 156 cm³/mol. The van der Waals surface area contributed by atoms with Gasteiger partial charge in [-0.05, 0) is 67.7 Å². The first-order chi connectivity index (χ1) is 19.7. The predicted octanol–water partition coefficient (Wildman–Crippen LogP) is 3.98. The van der Waals surface area contributed by atoms with Gasteiger partial charge >= 0.3 is 0 Å². The highest BCUT2D eigenvalue weighted by Gasteiger charge is 2.42. The van der Waals surface area contributed by atoms with Gasteiger partial charge in [0.2, 0.25) is 10.0 Å². The molecule has 212 valence electrons. The van der Waals surface area contributed by atoms with Gasteiger partial charge in [0.1, 0.15) is 16.9 Å². The van der Waals surface area contributed by atoms with E-state index in [-0.39, 0.29) is 28.3 Å². The second kappa shape index (κ2) is 10.3. The van der Waals surface area contributed by atoms with Crippen molar-refractivity contribution in [2.75, 3.05) is 24.2 Å². The number of anilines is 2. The van der Waals surface area contributed by atoms with Crippen molar-refractivity contribution in [3.63, 3.8) is 0 Å². The first-order valence-corrected chi connectivity index (χ1v) is 15.5. The Morgan fingerprint density at radius 3 is 2.46 bits per heavy atom. The summed E-state index contributed by atoms with van der Waals surface area (Å²) in [6, 6.07) is 16.3. The van der Waals surface area contributed by atoms with Gasteiger partial charge in [0.05, 0.1) is 11.9 Å². The van der Waals surface area contributed by atoms with Crippen LogP contribution in [0.4, 0.5) is 11.5 Å². The molecule has 1 aliphatic heterocycles. The standard InChI is InChI=1S/C30H32N6O4S/c1-3-41(39,40)34-28(37)22-19-32-36-26(22)31-18-23(27(36)33-25-11-7-4-8-20(25)2)29(38)35-16-14-30(15-17-35)13-12-21-9-5-6-10-24(21)30/h4-11,18-19,33H,3,12-17H2,1-2H3,(H,34,37). The van der Waals surface area contributed by atoms with Gasteiger partial charge in [0.25, 0.3) is 11.8 Å². The van der Waals surface area contributed by atoms with Crippen LogP contribution in [-0.2, 0) is 21.9 Å². The summed E-state index contributed by atoms with van der Waals surface area (Å²) in [6.45, 7) is 4.64. The number of fused-ring (bicyclic) bond motifs is 3. The molecule has 1 spiro atoms. The lowest BCUT2D eigenvalue weighted by molar-refractivity contribution is 0.0666. The lowest BCUT2D eigenvalue weighted by Crippen LogP contribution is -2.44. The molecule has 0 atom stereocenters. The topological polar surface area (TPSA) is 126 Å². The zero-order valence-corrected chi connectivity index (χ0v) is 23.9. The molecule has 2 amide bonds. The monoisotopic (exact) mass is 572 g/mol. The van der Waals surface area contributed by atoms with Crippen molar-refractivity contribution in [3.8, 4) is 0 Å². The molecule has 6 rings (SSSR count). The molecule has 10 nitrogen and oxygen atoms in total. The van der Waals surface area contributed by atoms with Crippen LogP contribution in [0.5, 0.6) is 0 Å². The van der Waals surface area contributed by atoms with Crippen LogP contribution in [0.15, 0.2) is 60.9 Å². The number of nitrogens with zero attached hydrogens (tertiary/aromatic N) is 4. The zero-order valence-electron chi connectivity index (χ0n) is 23.1. The molecule has 0 unspecified atom stereocenters. The maximum Gasteiger partial charge on any atom is 0.270 e. The van der Waals surface area contributed by atoms with E-state index in [1.54, 1.807) is 0 Å². The second-order valence-corrected chi connectivity index (χ2v) is 12.8. The van der Waals surface area contributed by atoms with E-state index < -0.39 is 15.9 Å². The molecule has 0 radical (unpaired) electrons. The highest BCUT2D eigenvalue weighted by Crippen LogP contribution is 2.46. The van der Waals surface area contributed by atoms with Crippen molar-refractivity contribution < 1.29 is 18.0 Å². The summed E-state index contributed by atoms with van der Waals surface area (Å²) in [5, 5.41) is 7.70. The molecule has 11 heteroatoms. The summed E-state index contributed by atoms with van der Waals surface area (Å²) in [7, 11) is -3.78. The third-order valence-corrected chi connectivity index (χ3v) is 9.75. The Morgan fingerprint density at radius 2 is 1.71 bits per heavy atom. The lowest BCUT2D eigenvalue weighted by Gasteiger charge is -2.40. The molecule has 0 saturated carbocycles. The van der Waals surface area contributed by atoms with Gasteiger partial charge in [-0.3, -0.25) is 9.59 Å². The fraction of sp³-hybridized carbons (Fsp3) is 0.333. The van der Waals surface area contributed by atoms with Gasteiger partial charge in [-0.15, -0.1) is 0 Å². The number of amides is 2. The number of carbonyl (C=O) groups excluding carboxylic acids is 2. The maximum absolute atomic E-state index is 14.0. The van der Waals surface area contributed by atoms with E-state index in [4.69, 9.17) is 0 Å². The number of aromatic nitrogens is 3. The number of rotatable bonds is 6. The van der Waals surface area contributed by atoms with Crippen molar-refractivity contribution in [1.82, 2.24) is 24.2 Å². The lowest BCUT2D eigenvalue weighted by atomic mass is 9.74. The van der Waals surface area contributed by atoms with Crippen LogP contribution in [-0.4, -0.2) is 58.6 Å². The Hall–Kier alpha value is -4.25. The normalized spacial score (nSPS) is 16.1. The molecular formula is C30H32N6O4S. The first-order valence-electron chi connectivity index (χ1n) is 13.8. The minimum atomic E-state index is -3.78. The molecule has 4 aromatic rings. The summed E-state index contributed by atoms with van der Waals surface area (Å²) in [4.78, 5) is 33.1. The Balaban J connectivity index is 1.34. The molecule has 2 N–H and O–H groups in total. The van der Waals surface area contributed by atoms with Crippen molar-refractivity contribution >= 4 is 39.0 Å². The van der Waals surface area contributed by atoms with Gasteiger partial charge in [0.15, 0.2) is 5.65 Å². The second-order valence-electron chi connectivity index (χ2n) is 10.8. The van der Waals surface area contributed by atoms with Crippen molar-refractivity contribution in [1.29, 1.82) is 0 Å². The number of aryl methyl sites for hydroxylation is 2. The molecular weight excluding hydrogens is 540 g/mol. The average Bonchev–Trinajstić information content (AvgIpc) is 3.57. The van der Waals surface area contributed by atoms with E-state index in [9.17, 15) is 18.0 Å². The summed E-state index contributed by atoms with van der Waals surface area (Å²) in [5.74, 6) is -0.884. The van der Waals surface area contributed by atoms with Crippen LogP contribution in [0.3, 0.4) is 0 Å². The smallest absolute Gasteiger partial charge is 0.270 e. The number of hydrogen-bond acceptors (Lipinski definition) is 7. The molecule has 2 aliphatic rings. The van der Waals surface area contributed by atoms with Crippen LogP contribution in [0.2, 0.25) is 0 Å². The van der Waals surface area contributed by atoms with Gasteiger partial charge in [-0.25, -0.2) is 18.1 Å².